The van der Waals surface area contributed by atoms with E-state index in [1.807, 2.05) is 18.4 Å². The monoisotopic (exact) mass is 637 g/mol. The SMILES string of the molecule is CC1(C)COC[C@@H]1n1c(Cc2cc(F)c(-c3cccc(OCc4ccc(C(F)F)cc4F)n3)cc2F)nc2ccc(C(=O)O)cc21. The number of hydrogen-bond donors (Lipinski definition) is 1. The summed E-state index contributed by atoms with van der Waals surface area (Å²) in [6.45, 7) is 4.51. The third-order valence-corrected chi connectivity index (χ3v) is 8.16. The number of hydrogen-bond acceptors (Lipinski definition) is 5. The van der Waals surface area contributed by atoms with Gasteiger partial charge in [-0.1, -0.05) is 32.0 Å². The second kappa shape index (κ2) is 12.2. The normalized spacial score (nSPS) is 16.0. The fourth-order valence-corrected chi connectivity index (χ4v) is 5.63. The van der Waals surface area contributed by atoms with Crippen molar-refractivity contribution in [2.45, 2.75) is 39.3 Å². The van der Waals surface area contributed by atoms with Gasteiger partial charge in [0.05, 0.1) is 41.5 Å². The molecule has 1 fully saturated rings. The van der Waals surface area contributed by atoms with E-state index in [2.05, 4.69) is 9.97 Å². The largest absolute Gasteiger partial charge is 0.478 e. The van der Waals surface area contributed by atoms with Crippen LogP contribution in [0.2, 0.25) is 0 Å². The van der Waals surface area contributed by atoms with Crippen LogP contribution in [-0.4, -0.2) is 38.8 Å². The van der Waals surface area contributed by atoms with Gasteiger partial charge in [-0.05, 0) is 48.0 Å². The minimum Gasteiger partial charge on any atom is -0.478 e. The predicted octanol–water partition coefficient (Wildman–Crippen LogP) is 7.92. The number of carboxylic acid groups (broad SMARTS) is 1. The molecule has 1 atom stereocenters. The molecule has 5 aromatic rings. The topological polar surface area (TPSA) is 86.5 Å². The molecule has 1 aliphatic heterocycles. The molecule has 0 spiro atoms. The van der Waals surface area contributed by atoms with Gasteiger partial charge in [0.25, 0.3) is 6.43 Å². The maximum atomic E-state index is 15.6. The van der Waals surface area contributed by atoms with E-state index < -0.39 is 35.4 Å². The fourth-order valence-electron chi connectivity index (χ4n) is 5.63. The van der Waals surface area contributed by atoms with Crippen molar-refractivity contribution in [1.29, 1.82) is 0 Å². The van der Waals surface area contributed by atoms with E-state index in [-0.39, 0.29) is 58.3 Å². The Bertz CT molecular complexity index is 1960. The Labute approximate surface area is 260 Å². The van der Waals surface area contributed by atoms with E-state index in [4.69, 9.17) is 9.47 Å². The van der Waals surface area contributed by atoms with Crippen molar-refractivity contribution in [3.63, 3.8) is 0 Å². The Kier molecular flexibility index (Phi) is 8.24. The zero-order valence-corrected chi connectivity index (χ0v) is 24.7. The maximum absolute atomic E-state index is 15.6. The average molecular weight is 638 g/mol. The number of fused-ring (bicyclic) bond motifs is 1. The number of aromatic nitrogens is 3. The summed E-state index contributed by atoms with van der Waals surface area (Å²) in [5.41, 5.74) is 0.341. The van der Waals surface area contributed by atoms with E-state index in [1.54, 1.807) is 6.07 Å². The molecule has 12 heteroatoms. The highest BCUT2D eigenvalue weighted by Crippen LogP contribution is 2.40. The van der Waals surface area contributed by atoms with Gasteiger partial charge in [0.2, 0.25) is 5.88 Å². The van der Waals surface area contributed by atoms with Crippen LogP contribution in [0.15, 0.2) is 66.7 Å². The van der Waals surface area contributed by atoms with Gasteiger partial charge in [0, 0.05) is 34.6 Å². The van der Waals surface area contributed by atoms with Gasteiger partial charge in [-0.25, -0.2) is 36.7 Å². The van der Waals surface area contributed by atoms with Crippen LogP contribution in [0.25, 0.3) is 22.3 Å². The molecule has 1 saturated heterocycles. The zero-order chi connectivity index (χ0) is 32.7. The number of aromatic carboxylic acids is 1. The van der Waals surface area contributed by atoms with Crippen molar-refractivity contribution >= 4 is 17.0 Å². The highest BCUT2D eigenvalue weighted by Gasteiger charge is 2.39. The number of imidazole rings is 1. The quantitative estimate of drug-likeness (QED) is 0.165. The molecule has 2 aromatic heterocycles. The van der Waals surface area contributed by atoms with Crippen molar-refractivity contribution in [3.8, 4) is 17.1 Å². The number of benzene rings is 3. The maximum Gasteiger partial charge on any atom is 0.335 e. The van der Waals surface area contributed by atoms with Crippen LogP contribution in [0.3, 0.4) is 0 Å². The van der Waals surface area contributed by atoms with Gasteiger partial charge in [0.1, 0.15) is 29.9 Å². The Morgan fingerprint density at radius 3 is 2.48 bits per heavy atom. The van der Waals surface area contributed by atoms with Crippen LogP contribution in [-0.2, 0) is 17.8 Å². The van der Waals surface area contributed by atoms with E-state index in [1.165, 1.54) is 36.4 Å². The Hall–Kier alpha value is -4.84. The molecule has 0 bridgehead atoms. The van der Waals surface area contributed by atoms with Gasteiger partial charge >= 0.3 is 5.97 Å². The molecule has 0 aliphatic carbocycles. The van der Waals surface area contributed by atoms with E-state index in [0.717, 1.165) is 24.3 Å². The summed E-state index contributed by atoms with van der Waals surface area (Å²) in [4.78, 5) is 20.6. The Morgan fingerprint density at radius 1 is 1.00 bits per heavy atom. The van der Waals surface area contributed by atoms with Gasteiger partial charge in [-0.3, -0.25) is 0 Å². The number of halogens is 5. The summed E-state index contributed by atoms with van der Waals surface area (Å²) >= 11 is 0. The second-order valence-corrected chi connectivity index (χ2v) is 11.8. The number of carboxylic acids is 1. The first kappa shape index (κ1) is 31.2. The number of rotatable bonds is 9. The van der Waals surface area contributed by atoms with Crippen molar-refractivity contribution < 1.29 is 41.3 Å². The summed E-state index contributed by atoms with van der Waals surface area (Å²) in [5.74, 6) is -3.00. The molecule has 0 saturated carbocycles. The van der Waals surface area contributed by atoms with Crippen LogP contribution >= 0.6 is 0 Å². The molecule has 3 aromatic carbocycles. The first-order valence-corrected chi connectivity index (χ1v) is 14.4. The number of alkyl halides is 2. The summed E-state index contributed by atoms with van der Waals surface area (Å²) in [6, 6.07) is 13.9. The molecule has 0 radical (unpaired) electrons. The standard InChI is InChI=1S/C34H28F5N3O4/c1-34(2)17-45-16-29(34)42-28-12-19(33(43)44)8-9-27(28)40-30(42)13-21-11-25(37)22(14-24(21)36)26-4-3-5-31(41-26)46-15-20-7-6-18(32(38)39)10-23(20)35/h3-12,14,29,32H,13,15-17H2,1-2H3,(H,43,44)/t29-/m0/s1. The third kappa shape index (κ3) is 6.04. The summed E-state index contributed by atoms with van der Waals surface area (Å²) in [5, 5.41) is 9.57. The molecule has 238 valence electrons. The predicted molar refractivity (Wildman–Crippen MR) is 158 cm³/mol. The lowest BCUT2D eigenvalue weighted by Gasteiger charge is -2.28. The van der Waals surface area contributed by atoms with E-state index in [9.17, 15) is 23.1 Å². The number of nitrogens with zero attached hydrogens (tertiary/aromatic N) is 3. The molecular formula is C34H28F5N3O4. The third-order valence-electron chi connectivity index (χ3n) is 8.16. The lowest BCUT2D eigenvalue weighted by Crippen LogP contribution is -2.27. The Morgan fingerprint density at radius 2 is 1.78 bits per heavy atom. The summed E-state index contributed by atoms with van der Waals surface area (Å²) in [6.07, 6.45) is -2.90. The summed E-state index contributed by atoms with van der Waals surface area (Å²) < 4.78 is 84.2. The molecule has 3 heterocycles. The minimum atomic E-state index is -2.81. The van der Waals surface area contributed by atoms with Crippen LogP contribution in [0, 0.1) is 22.9 Å². The zero-order valence-electron chi connectivity index (χ0n) is 24.7. The van der Waals surface area contributed by atoms with Crippen molar-refractivity contribution in [2.24, 2.45) is 5.41 Å². The van der Waals surface area contributed by atoms with Crippen LogP contribution in [0.5, 0.6) is 5.88 Å². The van der Waals surface area contributed by atoms with Crippen LogP contribution < -0.4 is 4.74 Å². The van der Waals surface area contributed by atoms with Crippen molar-refractivity contribution in [1.82, 2.24) is 14.5 Å². The minimum absolute atomic E-state index is 0.00503. The van der Waals surface area contributed by atoms with Crippen molar-refractivity contribution in [2.75, 3.05) is 13.2 Å². The van der Waals surface area contributed by atoms with E-state index >= 15 is 8.78 Å². The molecule has 0 unspecified atom stereocenters. The Balaban J connectivity index is 1.29. The number of carbonyl (C=O) groups is 1. The molecule has 1 aliphatic rings. The summed E-state index contributed by atoms with van der Waals surface area (Å²) in [7, 11) is 0. The lowest BCUT2D eigenvalue weighted by atomic mass is 9.87. The fraction of sp³-hybridized carbons (Fsp3) is 0.265. The molecule has 1 N–H and O–H groups in total. The average Bonchev–Trinajstić information content (AvgIpc) is 3.55. The van der Waals surface area contributed by atoms with E-state index in [0.29, 0.717) is 30.1 Å². The second-order valence-electron chi connectivity index (χ2n) is 11.8. The first-order chi connectivity index (χ1) is 21.9. The lowest BCUT2D eigenvalue weighted by molar-refractivity contribution is 0.0697. The number of pyridine rings is 1. The van der Waals surface area contributed by atoms with Gasteiger partial charge in [-0.2, -0.15) is 0 Å². The molecule has 6 rings (SSSR count). The molecule has 7 nitrogen and oxygen atoms in total. The first-order valence-electron chi connectivity index (χ1n) is 14.4. The van der Waals surface area contributed by atoms with Gasteiger partial charge in [-0.15, -0.1) is 0 Å². The molecule has 46 heavy (non-hydrogen) atoms. The molecular weight excluding hydrogens is 609 g/mol. The van der Waals surface area contributed by atoms with Crippen LogP contribution in [0.4, 0.5) is 22.0 Å². The molecule has 0 amide bonds. The highest BCUT2D eigenvalue weighted by atomic mass is 19.3. The van der Waals surface area contributed by atoms with Gasteiger partial charge in [0.15, 0.2) is 0 Å². The van der Waals surface area contributed by atoms with Gasteiger partial charge < -0.3 is 19.1 Å². The highest BCUT2D eigenvalue weighted by molar-refractivity contribution is 5.92. The smallest absolute Gasteiger partial charge is 0.335 e. The van der Waals surface area contributed by atoms with Crippen molar-refractivity contribution in [3.05, 3.63) is 112 Å². The number of ether oxygens (including phenoxy) is 2. The van der Waals surface area contributed by atoms with Crippen LogP contribution in [0.1, 0.15) is 59.2 Å².